The van der Waals surface area contributed by atoms with Gasteiger partial charge < -0.3 is 9.15 Å². The summed E-state index contributed by atoms with van der Waals surface area (Å²) in [6, 6.07) is 11.9. The molecule has 3 rings (SSSR count). The lowest BCUT2D eigenvalue weighted by Gasteiger charge is -2.04. The fourth-order valence-corrected chi connectivity index (χ4v) is 2.87. The van der Waals surface area contributed by atoms with E-state index in [-0.39, 0.29) is 0 Å². The average molecular weight is 316 g/mol. The molecule has 1 aromatic carbocycles. The van der Waals surface area contributed by atoms with Crippen LogP contribution in [0.1, 0.15) is 11.3 Å². The lowest BCUT2D eigenvalue weighted by atomic mass is 10.2. The zero-order valence-electron chi connectivity index (χ0n) is 12.2. The Balaban J connectivity index is 1.54. The van der Waals surface area contributed by atoms with Gasteiger partial charge in [-0.2, -0.15) is 0 Å². The Bertz CT molecular complexity index is 695. The molecule has 7 heteroatoms. The summed E-state index contributed by atoms with van der Waals surface area (Å²) < 4.78 is 12.2. The van der Waals surface area contributed by atoms with Gasteiger partial charge in [-0.25, -0.2) is 4.68 Å². The van der Waals surface area contributed by atoms with E-state index in [0.717, 1.165) is 28.8 Å². The number of benzene rings is 1. The highest BCUT2D eigenvalue weighted by molar-refractivity contribution is 7.99. The number of furan rings is 1. The van der Waals surface area contributed by atoms with Crippen LogP contribution in [0.15, 0.2) is 52.2 Å². The molecule has 6 nitrogen and oxygen atoms in total. The van der Waals surface area contributed by atoms with Gasteiger partial charge in [0.1, 0.15) is 18.1 Å². The molecule has 0 bridgehead atoms. The first-order valence-corrected chi connectivity index (χ1v) is 7.88. The number of nitrogens with zero attached hydrogens (tertiary/aromatic N) is 4. The Hall–Kier alpha value is -2.28. The van der Waals surface area contributed by atoms with Crippen molar-refractivity contribution in [3.8, 4) is 5.75 Å². The Labute approximate surface area is 132 Å². The highest BCUT2D eigenvalue weighted by Crippen LogP contribution is 2.18. The Kier molecular flexibility index (Phi) is 4.75. The zero-order chi connectivity index (χ0) is 15.2. The van der Waals surface area contributed by atoms with Gasteiger partial charge in [-0.3, -0.25) is 0 Å². The maximum atomic E-state index is 5.32. The minimum atomic E-state index is 0.546. The molecule has 22 heavy (non-hydrogen) atoms. The summed E-state index contributed by atoms with van der Waals surface area (Å²) in [7, 11) is 1.67. The monoisotopic (exact) mass is 316 g/mol. The number of thioether (sulfide) groups is 1. The van der Waals surface area contributed by atoms with E-state index in [1.54, 1.807) is 29.8 Å². The minimum Gasteiger partial charge on any atom is -0.497 e. The fourth-order valence-electron chi connectivity index (χ4n) is 2.00. The molecule has 0 unspecified atom stereocenters. The molecule has 114 valence electrons. The van der Waals surface area contributed by atoms with Crippen molar-refractivity contribution >= 4 is 11.8 Å². The largest absolute Gasteiger partial charge is 0.497 e. The zero-order valence-corrected chi connectivity index (χ0v) is 13.0. The molecule has 2 aromatic heterocycles. The number of tetrazole rings is 1. The van der Waals surface area contributed by atoms with Gasteiger partial charge in [-0.05, 0) is 46.7 Å². The summed E-state index contributed by atoms with van der Waals surface area (Å²) in [6.45, 7) is 0.546. The quantitative estimate of drug-likeness (QED) is 0.624. The maximum Gasteiger partial charge on any atom is 0.209 e. The van der Waals surface area contributed by atoms with Crippen molar-refractivity contribution in [2.75, 3.05) is 12.9 Å². The van der Waals surface area contributed by atoms with Crippen molar-refractivity contribution in [3.63, 3.8) is 0 Å². The molecule has 0 aliphatic rings. The molecule has 3 aromatic rings. The Morgan fingerprint density at radius 2 is 2.09 bits per heavy atom. The second-order valence-electron chi connectivity index (χ2n) is 4.65. The van der Waals surface area contributed by atoms with Gasteiger partial charge in [0, 0.05) is 5.75 Å². The highest BCUT2D eigenvalue weighted by Gasteiger charge is 2.08. The number of hydrogen-bond donors (Lipinski definition) is 0. The number of aromatic nitrogens is 4. The van der Waals surface area contributed by atoms with Gasteiger partial charge in [0.2, 0.25) is 5.16 Å². The van der Waals surface area contributed by atoms with Gasteiger partial charge >= 0.3 is 0 Å². The number of ether oxygens (including phenoxy) is 1. The van der Waals surface area contributed by atoms with E-state index >= 15 is 0 Å². The summed E-state index contributed by atoms with van der Waals surface area (Å²) in [5.74, 6) is 2.62. The molecule has 0 fully saturated rings. The number of aryl methyl sites for hydroxylation is 1. The number of hydrogen-bond acceptors (Lipinski definition) is 6. The number of rotatable bonds is 7. The van der Waals surface area contributed by atoms with E-state index in [9.17, 15) is 0 Å². The van der Waals surface area contributed by atoms with Crippen LogP contribution in [0.4, 0.5) is 0 Å². The molecule has 0 saturated carbocycles. The van der Waals surface area contributed by atoms with Crippen LogP contribution in [0.25, 0.3) is 0 Å². The molecule has 0 N–H and O–H groups in total. The molecule has 0 atom stereocenters. The van der Waals surface area contributed by atoms with Crippen LogP contribution in [-0.4, -0.2) is 33.1 Å². The molecule has 0 spiro atoms. The summed E-state index contributed by atoms with van der Waals surface area (Å²) in [5.41, 5.74) is 1.26. The normalized spacial score (nSPS) is 10.8. The second kappa shape index (κ2) is 7.13. The molecular weight excluding hydrogens is 300 g/mol. The lowest BCUT2D eigenvalue weighted by molar-refractivity contribution is 0.414. The van der Waals surface area contributed by atoms with Crippen LogP contribution in [0, 0.1) is 0 Å². The van der Waals surface area contributed by atoms with Gasteiger partial charge in [-0.1, -0.05) is 23.9 Å². The van der Waals surface area contributed by atoms with Crippen molar-refractivity contribution in [2.24, 2.45) is 0 Å². The van der Waals surface area contributed by atoms with Gasteiger partial charge in [-0.15, -0.1) is 5.10 Å². The third-order valence-electron chi connectivity index (χ3n) is 3.17. The topological polar surface area (TPSA) is 66.0 Å². The fraction of sp³-hybridized carbons (Fsp3) is 0.267. The standard InChI is InChI=1S/C15H16N4O2S/c1-20-13-6-4-12(5-7-13)8-10-22-15-16-17-18-19(15)11-14-3-2-9-21-14/h2-7,9H,8,10-11H2,1H3. The summed E-state index contributed by atoms with van der Waals surface area (Å²) in [4.78, 5) is 0. The molecule has 2 heterocycles. The van der Waals surface area contributed by atoms with E-state index in [2.05, 4.69) is 27.7 Å². The molecule has 0 radical (unpaired) electrons. The molecule has 0 aliphatic heterocycles. The van der Waals surface area contributed by atoms with Gasteiger partial charge in [0.15, 0.2) is 0 Å². The van der Waals surface area contributed by atoms with Crippen LogP contribution in [-0.2, 0) is 13.0 Å². The molecule has 0 amide bonds. The lowest BCUT2D eigenvalue weighted by Crippen LogP contribution is -2.03. The Morgan fingerprint density at radius 3 is 2.82 bits per heavy atom. The Morgan fingerprint density at radius 1 is 1.23 bits per heavy atom. The van der Waals surface area contributed by atoms with Crippen molar-refractivity contribution < 1.29 is 9.15 Å². The molecule has 0 aliphatic carbocycles. The predicted octanol–water partition coefficient (Wildman–Crippen LogP) is 2.66. The first-order valence-electron chi connectivity index (χ1n) is 6.89. The van der Waals surface area contributed by atoms with Crippen molar-refractivity contribution in [2.45, 2.75) is 18.1 Å². The third-order valence-corrected chi connectivity index (χ3v) is 4.12. The number of methoxy groups -OCH3 is 1. The highest BCUT2D eigenvalue weighted by atomic mass is 32.2. The van der Waals surface area contributed by atoms with Crippen molar-refractivity contribution in [3.05, 3.63) is 54.0 Å². The summed E-state index contributed by atoms with van der Waals surface area (Å²) in [5, 5.41) is 12.6. The molecule has 0 saturated heterocycles. The van der Waals surface area contributed by atoms with Crippen LogP contribution in [0.2, 0.25) is 0 Å². The smallest absolute Gasteiger partial charge is 0.209 e. The SMILES string of the molecule is COc1ccc(CCSc2nnnn2Cc2ccco2)cc1. The second-order valence-corrected chi connectivity index (χ2v) is 5.71. The van der Waals surface area contributed by atoms with Crippen LogP contribution < -0.4 is 4.74 Å². The van der Waals surface area contributed by atoms with Gasteiger partial charge in [0.25, 0.3) is 0 Å². The third kappa shape index (κ3) is 3.67. The summed E-state index contributed by atoms with van der Waals surface area (Å²) in [6.07, 6.45) is 2.60. The van der Waals surface area contributed by atoms with E-state index < -0.39 is 0 Å². The summed E-state index contributed by atoms with van der Waals surface area (Å²) >= 11 is 1.63. The minimum absolute atomic E-state index is 0.546. The van der Waals surface area contributed by atoms with E-state index in [1.165, 1.54) is 5.56 Å². The maximum absolute atomic E-state index is 5.32. The first-order chi connectivity index (χ1) is 10.8. The van der Waals surface area contributed by atoms with E-state index in [0.29, 0.717) is 6.54 Å². The van der Waals surface area contributed by atoms with E-state index in [4.69, 9.17) is 9.15 Å². The van der Waals surface area contributed by atoms with Gasteiger partial charge in [0.05, 0.1) is 13.4 Å². The predicted molar refractivity (Wildman–Crippen MR) is 83.0 cm³/mol. The molecular formula is C15H16N4O2S. The van der Waals surface area contributed by atoms with Crippen LogP contribution in [0.5, 0.6) is 5.75 Å². The first kappa shape index (κ1) is 14.6. The van der Waals surface area contributed by atoms with Crippen LogP contribution >= 0.6 is 11.8 Å². The van der Waals surface area contributed by atoms with E-state index in [1.807, 2.05) is 24.3 Å². The van der Waals surface area contributed by atoms with Crippen LogP contribution in [0.3, 0.4) is 0 Å². The van der Waals surface area contributed by atoms with Crippen molar-refractivity contribution in [1.29, 1.82) is 0 Å². The van der Waals surface area contributed by atoms with Crippen molar-refractivity contribution in [1.82, 2.24) is 20.2 Å². The average Bonchev–Trinajstić information content (AvgIpc) is 3.21.